The number of hydrogen-bond acceptors (Lipinski definition) is 4. The maximum absolute atomic E-state index is 13.0. The van der Waals surface area contributed by atoms with Gasteiger partial charge < -0.3 is 19.5 Å². The van der Waals surface area contributed by atoms with Crippen LogP contribution in [0.25, 0.3) is 0 Å². The van der Waals surface area contributed by atoms with Gasteiger partial charge in [-0.1, -0.05) is 12.1 Å². The number of halogens is 2. The molecule has 1 atom stereocenters. The Morgan fingerprint density at radius 3 is 2.88 bits per heavy atom. The van der Waals surface area contributed by atoms with Crippen molar-refractivity contribution in [2.75, 3.05) is 19.8 Å². The molecule has 1 aliphatic heterocycles. The minimum Gasteiger partial charge on any atom is -0.486 e. The minimum atomic E-state index is -0.381. The van der Waals surface area contributed by atoms with E-state index in [0.29, 0.717) is 34.9 Å². The lowest BCUT2D eigenvalue weighted by molar-refractivity contribution is -0.123. The van der Waals surface area contributed by atoms with Crippen molar-refractivity contribution in [1.82, 2.24) is 5.32 Å². The van der Waals surface area contributed by atoms with Gasteiger partial charge in [0.25, 0.3) is 5.91 Å². The van der Waals surface area contributed by atoms with Gasteiger partial charge in [0.05, 0.1) is 11.0 Å². The van der Waals surface area contributed by atoms with E-state index in [-0.39, 0.29) is 24.4 Å². The van der Waals surface area contributed by atoms with E-state index in [0.717, 1.165) is 0 Å². The standard InChI is InChI=1S/C17H15BrFNO4/c18-13-7-11(19)5-6-14(13)23-10-17(21)20-8-12-9-22-15-3-1-2-4-16(15)24-12/h1-7,12H,8-10H2,(H,20,21). The number of carbonyl (C=O) groups excluding carboxylic acids is 1. The average Bonchev–Trinajstić information content (AvgIpc) is 2.59. The Labute approximate surface area is 146 Å². The highest BCUT2D eigenvalue weighted by Crippen LogP contribution is 2.30. The van der Waals surface area contributed by atoms with Crippen LogP contribution in [-0.2, 0) is 4.79 Å². The number of amides is 1. The Hall–Kier alpha value is -2.28. The number of ether oxygens (including phenoxy) is 3. The van der Waals surface area contributed by atoms with Crippen LogP contribution < -0.4 is 19.5 Å². The molecule has 0 aromatic heterocycles. The smallest absolute Gasteiger partial charge is 0.258 e. The fourth-order valence-electron chi connectivity index (χ4n) is 2.18. The van der Waals surface area contributed by atoms with Gasteiger partial charge in [-0.3, -0.25) is 4.79 Å². The number of rotatable bonds is 5. The molecular formula is C17H15BrFNO4. The van der Waals surface area contributed by atoms with Gasteiger partial charge >= 0.3 is 0 Å². The van der Waals surface area contributed by atoms with E-state index in [1.807, 2.05) is 24.3 Å². The molecule has 0 fully saturated rings. The molecule has 7 heteroatoms. The Morgan fingerprint density at radius 2 is 2.08 bits per heavy atom. The average molecular weight is 396 g/mol. The highest BCUT2D eigenvalue weighted by Gasteiger charge is 2.21. The van der Waals surface area contributed by atoms with Gasteiger partial charge in [0, 0.05) is 0 Å². The van der Waals surface area contributed by atoms with Crippen molar-refractivity contribution in [1.29, 1.82) is 0 Å². The summed E-state index contributed by atoms with van der Waals surface area (Å²) in [5, 5.41) is 2.73. The molecule has 0 spiro atoms. The predicted molar refractivity (Wildman–Crippen MR) is 89.0 cm³/mol. The van der Waals surface area contributed by atoms with Crippen molar-refractivity contribution in [3.8, 4) is 17.2 Å². The first-order valence-corrected chi connectivity index (χ1v) is 8.14. The van der Waals surface area contributed by atoms with Crippen LogP contribution in [-0.4, -0.2) is 31.8 Å². The summed E-state index contributed by atoms with van der Waals surface area (Å²) < 4.78 is 30.1. The molecule has 2 aromatic rings. The lowest BCUT2D eigenvalue weighted by Crippen LogP contribution is -2.42. The summed E-state index contributed by atoms with van der Waals surface area (Å²) in [5.74, 6) is 1.08. The Kier molecular flexibility index (Phi) is 5.20. The molecule has 24 heavy (non-hydrogen) atoms. The molecule has 0 saturated heterocycles. The minimum absolute atomic E-state index is 0.172. The van der Waals surface area contributed by atoms with Crippen molar-refractivity contribution < 1.29 is 23.4 Å². The van der Waals surface area contributed by atoms with Crippen LogP contribution in [0.15, 0.2) is 46.9 Å². The fraction of sp³-hybridized carbons (Fsp3) is 0.235. The maximum Gasteiger partial charge on any atom is 0.258 e. The molecule has 1 N–H and O–H groups in total. The van der Waals surface area contributed by atoms with Gasteiger partial charge in [-0.2, -0.15) is 0 Å². The highest BCUT2D eigenvalue weighted by atomic mass is 79.9. The van der Waals surface area contributed by atoms with Gasteiger partial charge in [-0.25, -0.2) is 4.39 Å². The Bertz CT molecular complexity index is 740. The summed E-state index contributed by atoms with van der Waals surface area (Å²) in [6.45, 7) is 0.497. The third kappa shape index (κ3) is 4.17. The van der Waals surface area contributed by atoms with Crippen LogP contribution in [0.3, 0.4) is 0 Å². The van der Waals surface area contributed by atoms with Gasteiger partial charge in [-0.05, 0) is 46.3 Å². The molecule has 0 aliphatic carbocycles. The molecule has 0 bridgehead atoms. The molecule has 1 amide bonds. The second-order valence-electron chi connectivity index (χ2n) is 5.17. The fourth-order valence-corrected chi connectivity index (χ4v) is 2.64. The van der Waals surface area contributed by atoms with Crippen molar-refractivity contribution in [3.63, 3.8) is 0 Å². The van der Waals surface area contributed by atoms with E-state index in [9.17, 15) is 9.18 Å². The van der Waals surface area contributed by atoms with Crippen LogP contribution in [0.1, 0.15) is 0 Å². The predicted octanol–water partition coefficient (Wildman–Crippen LogP) is 2.92. The number of carbonyl (C=O) groups is 1. The third-order valence-electron chi connectivity index (χ3n) is 3.35. The van der Waals surface area contributed by atoms with E-state index in [4.69, 9.17) is 14.2 Å². The van der Waals surface area contributed by atoms with Crippen LogP contribution >= 0.6 is 15.9 Å². The summed E-state index contributed by atoms with van der Waals surface area (Å²) in [7, 11) is 0. The molecular weight excluding hydrogens is 381 g/mol. The van der Waals surface area contributed by atoms with Crippen LogP contribution in [0.5, 0.6) is 17.2 Å². The van der Waals surface area contributed by atoms with Gasteiger partial charge in [-0.15, -0.1) is 0 Å². The zero-order chi connectivity index (χ0) is 16.9. The lowest BCUT2D eigenvalue weighted by Gasteiger charge is -2.26. The normalized spacial score (nSPS) is 15.7. The van der Waals surface area contributed by atoms with E-state index in [1.165, 1.54) is 18.2 Å². The molecule has 0 saturated carbocycles. The number of para-hydroxylation sites is 2. The van der Waals surface area contributed by atoms with Crippen LogP contribution in [0, 0.1) is 5.82 Å². The first-order chi connectivity index (χ1) is 11.6. The SMILES string of the molecule is O=C(COc1ccc(F)cc1Br)NCC1COc2ccccc2O1. The molecule has 1 heterocycles. The summed E-state index contributed by atoms with van der Waals surface area (Å²) >= 11 is 3.18. The van der Waals surface area contributed by atoms with Gasteiger partial charge in [0.1, 0.15) is 24.3 Å². The largest absolute Gasteiger partial charge is 0.486 e. The van der Waals surface area contributed by atoms with Gasteiger partial charge in [0.2, 0.25) is 0 Å². The molecule has 1 aliphatic rings. The first-order valence-electron chi connectivity index (χ1n) is 7.35. The van der Waals surface area contributed by atoms with Crippen molar-refractivity contribution in [2.45, 2.75) is 6.10 Å². The number of hydrogen-bond donors (Lipinski definition) is 1. The number of benzene rings is 2. The van der Waals surface area contributed by atoms with Gasteiger partial charge in [0.15, 0.2) is 18.1 Å². The first kappa shape index (κ1) is 16.6. The molecule has 2 aromatic carbocycles. The van der Waals surface area contributed by atoms with E-state index in [2.05, 4.69) is 21.2 Å². The summed E-state index contributed by atoms with van der Waals surface area (Å²) in [6, 6.07) is 11.4. The quantitative estimate of drug-likeness (QED) is 0.845. The number of fused-ring (bicyclic) bond motifs is 1. The van der Waals surface area contributed by atoms with Crippen LogP contribution in [0.2, 0.25) is 0 Å². The lowest BCUT2D eigenvalue weighted by atomic mass is 10.2. The highest BCUT2D eigenvalue weighted by molar-refractivity contribution is 9.10. The summed E-state index contributed by atoms with van der Waals surface area (Å²) in [6.07, 6.45) is -0.263. The monoisotopic (exact) mass is 395 g/mol. The summed E-state index contributed by atoms with van der Waals surface area (Å²) in [5.41, 5.74) is 0. The molecule has 0 radical (unpaired) electrons. The second kappa shape index (κ2) is 7.53. The van der Waals surface area contributed by atoms with E-state index >= 15 is 0 Å². The van der Waals surface area contributed by atoms with Crippen molar-refractivity contribution in [3.05, 3.63) is 52.8 Å². The molecule has 5 nitrogen and oxygen atoms in total. The zero-order valence-electron chi connectivity index (χ0n) is 12.6. The molecule has 1 unspecified atom stereocenters. The number of nitrogens with one attached hydrogen (secondary N) is 1. The van der Waals surface area contributed by atoms with Crippen molar-refractivity contribution >= 4 is 21.8 Å². The summed E-state index contributed by atoms with van der Waals surface area (Å²) in [4.78, 5) is 11.9. The Morgan fingerprint density at radius 1 is 1.29 bits per heavy atom. The van der Waals surface area contributed by atoms with Crippen molar-refractivity contribution in [2.24, 2.45) is 0 Å². The van der Waals surface area contributed by atoms with Crippen LogP contribution in [0.4, 0.5) is 4.39 Å². The topological polar surface area (TPSA) is 56.8 Å². The molecule has 126 valence electrons. The maximum atomic E-state index is 13.0. The van der Waals surface area contributed by atoms with E-state index in [1.54, 1.807) is 0 Å². The Balaban J connectivity index is 1.45. The third-order valence-corrected chi connectivity index (χ3v) is 3.97. The second-order valence-corrected chi connectivity index (χ2v) is 6.02. The molecule has 3 rings (SSSR count). The van der Waals surface area contributed by atoms with E-state index < -0.39 is 0 Å². The zero-order valence-corrected chi connectivity index (χ0v) is 14.2.